The predicted molar refractivity (Wildman–Crippen MR) is 109 cm³/mol. The fourth-order valence-electron chi connectivity index (χ4n) is 2.57. The zero-order chi connectivity index (χ0) is 18.6. The van der Waals surface area contributed by atoms with Crippen LogP contribution in [0, 0.1) is 0 Å². The second kappa shape index (κ2) is 7.89. The molecule has 8 heteroatoms. The Morgan fingerprint density at radius 3 is 2.74 bits per heavy atom. The molecule has 1 N–H and O–H groups in total. The molecule has 0 radical (unpaired) electrons. The van der Waals surface area contributed by atoms with Crippen LogP contribution in [0.5, 0.6) is 0 Å². The van der Waals surface area contributed by atoms with Crippen LogP contribution in [-0.2, 0) is 11.2 Å². The van der Waals surface area contributed by atoms with Gasteiger partial charge < -0.3 is 5.32 Å². The average molecular weight is 396 g/mol. The van der Waals surface area contributed by atoms with Gasteiger partial charge >= 0.3 is 0 Å². The maximum absolute atomic E-state index is 12.2. The minimum atomic E-state index is -0.0876. The van der Waals surface area contributed by atoms with Crippen LogP contribution in [0.2, 0.25) is 0 Å². The highest BCUT2D eigenvalue weighted by atomic mass is 32.2. The van der Waals surface area contributed by atoms with Gasteiger partial charge in [0, 0.05) is 5.69 Å². The molecule has 0 atom stereocenters. The molecule has 4 aromatic rings. The first-order valence-electron chi connectivity index (χ1n) is 8.51. The van der Waals surface area contributed by atoms with E-state index in [0.29, 0.717) is 10.8 Å². The number of hydrogen-bond donors (Lipinski definition) is 1. The molecule has 0 bridgehead atoms. The van der Waals surface area contributed by atoms with E-state index in [2.05, 4.69) is 27.5 Å². The van der Waals surface area contributed by atoms with Gasteiger partial charge in [-0.3, -0.25) is 4.79 Å². The Labute approximate surface area is 164 Å². The summed E-state index contributed by atoms with van der Waals surface area (Å²) in [5.74, 6) is 0.150. The molecule has 1 amide bonds. The number of thiophene rings is 1. The second-order valence-electron chi connectivity index (χ2n) is 5.84. The Kier molecular flexibility index (Phi) is 5.17. The molecule has 0 aliphatic carbocycles. The van der Waals surface area contributed by atoms with Crippen molar-refractivity contribution in [3.63, 3.8) is 0 Å². The fourth-order valence-corrected chi connectivity index (χ4v) is 3.94. The number of thioether (sulfide) groups is 1. The monoisotopic (exact) mass is 395 g/mol. The van der Waals surface area contributed by atoms with Gasteiger partial charge in [-0.1, -0.05) is 36.9 Å². The van der Waals surface area contributed by atoms with Gasteiger partial charge in [0.2, 0.25) is 11.1 Å². The highest BCUT2D eigenvalue weighted by molar-refractivity contribution is 7.99. The van der Waals surface area contributed by atoms with Crippen LogP contribution in [0.15, 0.2) is 59.1 Å². The first-order valence-corrected chi connectivity index (χ1v) is 10.4. The Bertz CT molecular complexity index is 1060. The van der Waals surface area contributed by atoms with Crippen molar-refractivity contribution < 1.29 is 4.79 Å². The number of nitrogens with one attached hydrogen (secondary N) is 1. The molecule has 0 saturated heterocycles. The van der Waals surface area contributed by atoms with Gasteiger partial charge in [-0.25, -0.2) is 0 Å². The van der Waals surface area contributed by atoms with Gasteiger partial charge in [-0.15, -0.1) is 21.5 Å². The summed E-state index contributed by atoms with van der Waals surface area (Å²) in [4.78, 5) is 13.3. The van der Waals surface area contributed by atoms with E-state index in [4.69, 9.17) is 0 Å². The Morgan fingerprint density at radius 1 is 1.15 bits per heavy atom. The van der Waals surface area contributed by atoms with Gasteiger partial charge in [-0.05, 0) is 47.7 Å². The summed E-state index contributed by atoms with van der Waals surface area (Å²) in [5.41, 5.74) is 3.56. The van der Waals surface area contributed by atoms with Crippen LogP contribution < -0.4 is 5.32 Å². The number of aromatic nitrogens is 4. The number of fused-ring (bicyclic) bond motifs is 1. The highest BCUT2D eigenvalue weighted by Gasteiger charge is 2.12. The number of carbonyl (C=O) groups is 1. The first kappa shape index (κ1) is 17.7. The molecule has 0 aliphatic heterocycles. The van der Waals surface area contributed by atoms with E-state index < -0.39 is 0 Å². The molecule has 0 aliphatic rings. The first-order chi connectivity index (χ1) is 13.2. The van der Waals surface area contributed by atoms with Crippen molar-refractivity contribution in [1.82, 2.24) is 19.8 Å². The fraction of sp³-hybridized carbons (Fsp3) is 0.158. The maximum Gasteiger partial charge on any atom is 0.234 e. The molecule has 1 aromatic carbocycles. The minimum Gasteiger partial charge on any atom is -0.325 e. The van der Waals surface area contributed by atoms with E-state index in [0.717, 1.165) is 22.7 Å². The van der Waals surface area contributed by atoms with Gasteiger partial charge in [0.05, 0.1) is 10.6 Å². The van der Waals surface area contributed by atoms with Crippen molar-refractivity contribution >= 4 is 40.3 Å². The van der Waals surface area contributed by atoms with Crippen molar-refractivity contribution in [3.8, 4) is 10.6 Å². The standard InChI is InChI=1S/C19H17N5OS2/c1-2-13-5-7-14(8-6-13)20-18(25)12-27-19-22-21-17-10-9-15(23-24(17)19)16-4-3-11-26-16/h3-11H,2,12H2,1H3,(H,20,25). The molecule has 27 heavy (non-hydrogen) atoms. The zero-order valence-electron chi connectivity index (χ0n) is 14.6. The third-order valence-electron chi connectivity index (χ3n) is 3.99. The van der Waals surface area contributed by atoms with E-state index in [1.807, 2.05) is 53.9 Å². The van der Waals surface area contributed by atoms with Crippen LogP contribution in [0.3, 0.4) is 0 Å². The van der Waals surface area contributed by atoms with Crippen LogP contribution in [0.4, 0.5) is 5.69 Å². The van der Waals surface area contributed by atoms with E-state index in [1.165, 1.54) is 17.3 Å². The van der Waals surface area contributed by atoms with Crippen molar-refractivity contribution in [2.75, 3.05) is 11.1 Å². The van der Waals surface area contributed by atoms with Gasteiger partial charge in [0.1, 0.15) is 5.69 Å². The summed E-state index contributed by atoms with van der Waals surface area (Å²) < 4.78 is 1.68. The number of anilines is 1. The van der Waals surface area contributed by atoms with Crippen LogP contribution in [0.1, 0.15) is 12.5 Å². The van der Waals surface area contributed by atoms with E-state index in [9.17, 15) is 4.79 Å². The maximum atomic E-state index is 12.2. The normalized spacial score (nSPS) is 11.0. The number of benzene rings is 1. The zero-order valence-corrected chi connectivity index (χ0v) is 16.3. The van der Waals surface area contributed by atoms with E-state index in [-0.39, 0.29) is 11.7 Å². The molecule has 136 valence electrons. The average Bonchev–Trinajstić information content (AvgIpc) is 3.36. The lowest BCUT2D eigenvalue weighted by molar-refractivity contribution is -0.113. The number of hydrogen-bond acceptors (Lipinski definition) is 6. The molecular weight excluding hydrogens is 378 g/mol. The molecule has 6 nitrogen and oxygen atoms in total. The molecule has 3 heterocycles. The summed E-state index contributed by atoms with van der Waals surface area (Å²) >= 11 is 2.94. The number of nitrogens with zero attached hydrogens (tertiary/aromatic N) is 4. The van der Waals surface area contributed by atoms with Gasteiger partial charge in [0.15, 0.2) is 5.65 Å². The quantitative estimate of drug-likeness (QED) is 0.497. The lowest BCUT2D eigenvalue weighted by Gasteiger charge is -2.05. The number of carbonyl (C=O) groups excluding carboxylic acids is 1. The smallest absolute Gasteiger partial charge is 0.234 e. The van der Waals surface area contributed by atoms with Crippen molar-refractivity contribution in [1.29, 1.82) is 0 Å². The van der Waals surface area contributed by atoms with Gasteiger partial charge in [0.25, 0.3) is 0 Å². The Morgan fingerprint density at radius 2 is 2.00 bits per heavy atom. The summed E-state index contributed by atoms with van der Waals surface area (Å²) in [7, 11) is 0. The molecule has 0 unspecified atom stereocenters. The summed E-state index contributed by atoms with van der Waals surface area (Å²) in [6, 6.07) is 15.7. The molecular formula is C19H17N5OS2. The molecule has 0 saturated carbocycles. The van der Waals surface area contributed by atoms with Crippen molar-refractivity contribution in [3.05, 3.63) is 59.5 Å². The molecule has 0 fully saturated rings. The van der Waals surface area contributed by atoms with Crippen molar-refractivity contribution in [2.45, 2.75) is 18.5 Å². The van der Waals surface area contributed by atoms with Crippen LogP contribution >= 0.6 is 23.1 Å². The molecule has 0 spiro atoms. The largest absolute Gasteiger partial charge is 0.325 e. The number of rotatable bonds is 6. The Hall–Kier alpha value is -2.71. The second-order valence-corrected chi connectivity index (χ2v) is 7.73. The number of amides is 1. The number of aryl methyl sites for hydroxylation is 1. The summed E-state index contributed by atoms with van der Waals surface area (Å²) in [6.07, 6.45) is 0.977. The summed E-state index contributed by atoms with van der Waals surface area (Å²) in [6.45, 7) is 2.10. The Balaban J connectivity index is 1.45. The van der Waals surface area contributed by atoms with E-state index in [1.54, 1.807) is 15.9 Å². The molecule has 3 aromatic heterocycles. The third kappa shape index (κ3) is 4.01. The lowest BCUT2D eigenvalue weighted by Crippen LogP contribution is -2.14. The topological polar surface area (TPSA) is 72.2 Å². The predicted octanol–water partition coefficient (Wildman–Crippen LogP) is 4.15. The third-order valence-corrected chi connectivity index (χ3v) is 5.80. The lowest BCUT2D eigenvalue weighted by atomic mass is 10.1. The van der Waals surface area contributed by atoms with Crippen LogP contribution in [-0.4, -0.2) is 31.5 Å². The van der Waals surface area contributed by atoms with Gasteiger partial charge in [-0.2, -0.15) is 9.61 Å². The SMILES string of the molecule is CCc1ccc(NC(=O)CSc2nnc3ccc(-c4cccs4)nn23)cc1. The minimum absolute atomic E-state index is 0.0876. The summed E-state index contributed by atoms with van der Waals surface area (Å²) in [5, 5.41) is 18.4. The highest BCUT2D eigenvalue weighted by Crippen LogP contribution is 2.24. The molecule has 4 rings (SSSR count). The van der Waals surface area contributed by atoms with E-state index >= 15 is 0 Å². The van der Waals surface area contributed by atoms with Crippen molar-refractivity contribution in [2.24, 2.45) is 0 Å². The van der Waals surface area contributed by atoms with Crippen LogP contribution in [0.25, 0.3) is 16.2 Å².